The smallest absolute Gasteiger partial charge is 0.321 e. The van der Waals surface area contributed by atoms with E-state index in [1.807, 2.05) is 13.8 Å². The Hall–Kier alpha value is -1.10. The molecule has 0 radical (unpaired) electrons. The molecule has 0 aromatic heterocycles. The van der Waals surface area contributed by atoms with Crippen LogP contribution in [0.4, 0.5) is 0 Å². The summed E-state index contributed by atoms with van der Waals surface area (Å²) in [5.74, 6) is -1.77. The lowest BCUT2D eigenvalue weighted by atomic mass is 9.81. The molecule has 0 aromatic rings. The summed E-state index contributed by atoms with van der Waals surface area (Å²) in [6.07, 6.45) is -0.0766. The molecule has 1 saturated heterocycles. The van der Waals surface area contributed by atoms with E-state index in [1.54, 1.807) is 0 Å². The summed E-state index contributed by atoms with van der Waals surface area (Å²) in [7, 11) is 0. The number of hydrogen-bond donors (Lipinski definition) is 3. The van der Waals surface area contributed by atoms with Crippen LogP contribution >= 0.6 is 0 Å². The van der Waals surface area contributed by atoms with Crippen LogP contribution in [0.15, 0.2) is 0 Å². The molecular weight excluding hydrogens is 198 g/mol. The van der Waals surface area contributed by atoms with Crippen LogP contribution in [0.5, 0.6) is 0 Å². The molecule has 1 heterocycles. The highest BCUT2D eigenvalue weighted by Gasteiger charge is 2.42. The highest BCUT2D eigenvalue weighted by atomic mass is 16.4. The summed E-state index contributed by atoms with van der Waals surface area (Å²) >= 11 is 0. The molecule has 0 bridgehead atoms. The maximum Gasteiger partial charge on any atom is 0.321 e. The van der Waals surface area contributed by atoms with Crippen molar-refractivity contribution >= 4 is 11.9 Å². The normalized spacial score (nSPS) is 30.7. The fourth-order valence-electron chi connectivity index (χ4n) is 2.28. The molecule has 1 rings (SSSR count). The van der Waals surface area contributed by atoms with Crippen LogP contribution < -0.4 is 5.32 Å². The van der Waals surface area contributed by atoms with Gasteiger partial charge >= 0.3 is 11.9 Å². The van der Waals surface area contributed by atoms with E-state index in [0.717, 1.165) is 0 Å². The van der Waals surface area contributed by atoms with Crippen LogP contribution in [0.25, 0.3) is 0 Å². The van der Waals surface area contributed by atoms with Crippen LogP contribution in [0.3, 0.4) is 0 Å². The van der Waals surface area contributed by atoms with Gasteiger partial charge in [-0.3, -0.25) is 9.59 Å². The number of nitrogens with one attached hydrogen (secondary N) is 1. The van der Waals surface area contributed by atoms with E-state index in [9.17, 15) is 9.59 Å². The zero-order valence-electron chi connectivity index (χ0n) is 8.93. The van der Waals surface area contributed by atoms with Gasteiger partial charge in [-0.15, -0.1) is 0 Å². The molecule has 1 aliphatic rings. The van der Waals surface area contributed by atoms with Gasteiger partial charge in [0, 0.05) is 0 Å². The van der Waals surface area contributed by atoms with Gasteiger partial charge in [-0.25, -0.2) is 0 Å². The zero-order valence-corrected chi connectivity index (χ0v) is 8.93. The van der Waals surface area contributed by atoms with Crippen molar-refractivity contribution in [1.82, 2.24) is 5.32 Å². The number of hydrogen-bond acceptors (Lipinski definition) is 3. The van der Waals surface area contributed by atoms with Gasteiger partial charge < -0.3 is 15.5 Å². The van der Waals surface area contributed by atoms with E-state index in [1.165, 1.54) is 0 Å². The van der Waals surface area contributed by atoms with E-state index in [-0.39, 0.29) is 18.3 Å². The Morgan fingerprint density at radius 2 is 2.00 bits per heavy atom. The standard InChI is InChI=1S/C10H17NO4/c1-5(2)7-4-11-9(10(14)15)6(7)3-8(12)13/h5-7,9,11H,3-4H2,1-2H3,(H,12,13)(H,14,15)/t6-,7-,9+/m1/s1. The quantitative estimate of drug-likeness (QED) is 0.632. The third-order valence-electron chi connectivity index (χ3n) is 3.08. The number of carboxylic acid groups (broad SMARTS) is 2. The first-order chi connectivity index (χ1) is 6.93. The van der Waals surface area contributed by atoms with E-state index < -0.39 is 18.0 Å². The Morgan fingerprint density at radius 3 is 2.40 bits per heavy atom. The highest BCUT2D eigenvalue weighted by Crippen LogP contribution is 2.31. The number of aliphatic carboxylic acids is 2. The predicted octanol–water partition coefficient (Wildman–Crippen LogP) is 0.406. The predicted molar refractivity (Wildman–Crippen MR) is 53.5 cm³/mol. The Bertz CT molecular complexity index is 264. The second-order valence-corrected chi connectivity index (χ2v) is 4.39. The molecule has 3 atom stereocenters. The van der Waals surface area contributed by atoms with E-state index >= 15 is 0 Å². The minimum atomic E-state index is -0.954. The molecule has 0 aromatic carbocycles. The third kappa shape index (κ3) is 2.68. The molecule has 15 heavy (non-hydrogen) atoms. The van der Waals surface area contributed by atoms with Crippen molar-refractivity contribution in [3.8, 4) is 0 Å². The lowest BCUT2D eigenvalue weighted by Gasteiger charge is -2.22. The second-order valence-electron chi connectivity index (χ2n) is 4.39. The molecular formula is C10H17NO4. The van der Waals surface area contributed by atoms with Crippen molar-refractivity contribution in [2.24, 2.45) is 17.8 Å². The van der Waals surface area contributed by atoms with Crippen LogP contribution in [-0.2, 0) is 9.59 Å². The van der Waals surface area contributed by atoms with E-state index in [4.69, 9.17) is 10.2 Å². The van der Waals surface area contributed by atoms with Crippen molar-refractivity contribution in [3.05, 3.63) is 0 Å². The molecule has 0 amide bonds. The van der Waals surface area contributed by atoms with E-state index in [2.05, 4.69) is 5.32 Å². The zero-order chi connectivity index (χ0) is 11.6. The second kappa shape index (κ2) is 4.61. The van der Waals surface area contributed by atoms with Crippen LogP contribution in [0.1, 0.15) is 20.3 Å². The van der Waals surface area contributed by atoms with Crippen molar-refractivity contribution in [1.29, 1.82) is 0 Å². The maximum absolute atomic E-state index is 10.9. The van der Waals surface area contributed by atoms with Gasteiger partial charge in [-0.05, 0) is 24.3 Å². The van der Waals surface area contributed by atoms with E-state index in [0.29, 0.717) is 12.5 Å². The number of carboxylic acids is 2. The monoisotopic (exact) mass is 215 g/mol. The lowest BCUT2D eigenvalue weighted by molar-refractivity contribution is -0.142. The van der Waals surface area contributed by atoms with Gasteiger partial charge in [-0.1, -0.05) is 13.8 Å². The largest absolute Gasteiger partial charge is 0.481 e. The fraction of sp³-hybridized carbons (Fsp3) is 0.800. The average Bonchev–Trinajstić information content (AvgIpc) is 2.46. The van der Waals surface area contributed by atoms with Crippen molar-refractivity contribution in [2.45, 2.75) is 26.3 Å². The molecule has 1 fully saturated rings. The molecule has 0 unspecified atom stereocenters. The van der Waals surface area contributed by atoms with Crippen molar-refractivity contribution in [2.75, 3.05) is 6.54 Å². The van der Waals surface area contributed by atoms with Gasteiger partial charge in [0.15, 0.2) is 0 Å². The Morgan fingerprint density at radius 1 is 1.40 bits per heavy atom. The first-order valence-corrected chi connectivity index (χ1v) is 5.11. The summed E-state index contributed by atoms with van der Waals surface area (Å²) < 4.78 is 0. The van der Waals surface area contributed by atoms with Crippen molar-refractivity contribution < 1.29 is 19.8 Å². The van der Waals surface area contributed by atoms with Gasteiger partial charge in [0.1, 0.15) is 6.04 Å². The summed E-state index contributed by atoms with van der Waals surface area (Å²) in [5, 5.41) is 20.6. The maximum atomic E-state index is 10.9. The SMILES string of the molecule is CC(C)[C@H]1CN[C@H](C(=O)O)[C@@H]1CC(=O)O. The molecule has 0 spiro atoms. The Kier molecular flexibility index (Phi) is 3.68. The molecule has 3 N–H and O–H groups in total. The first-order valence-electron chi connectivity index (χ1n) is 5.11. The minimum Gasteiger partial charge on any atom is -0.481 e. The number of carbonyl (C=O) groups is 2. The van der Waals surface area contributed by atoms with Gasteiger partial charge in [0.2, 0.25) is 0 Å². The molecule has 5 nitrogen and oxygen atoms in total. The molecule has 1 aliphatic heterocycles. The molecule has 86 valence electrons. The Balaban J connectivity index is 2.77. The fourth-order valence-corrected chi connectivity index (χ4v) is 2.28. The highest BCUT2D eigenvalue weighted by molar-refractivity contribution is 5.76. The number of rotatable bonds is 4. The van der Waals surface area contributed by atoms with Crippen molar-refractivity contribution in [3.63, 3.8) is 0 Å². The average molecular weight is 215 g/mol. The lowest BCUT2D eigenvalue weighted by Crippen LogP contribution is -2.37. The first kappa shape index (κ1) is 12.0. The molecule has 0 saturated carbocycles. The van der Waals surface area contributed by atoms with Crippen LogP contribution in [-0.4, -0.2) is 34.7 Å². The topological polar surface area (TPSA) is 86.6 Å². The molecule has 5 heteroatoms. The van der Waals surface area contributed by atoms with Gasteiger partial charge in [-0.2, -0.15) is 0 Å². The summed E-state index contributed by atoms with van der Waals surface area (Å²) in [4.78, 5) is 21.6. The Labute approximate surface area is 88.5 Å². The third-order valence-corrected chi connectivity index (χ3v) is 3.08. The summed E-state index contributed by atoms with van der Waals surface area (Å²) in [6.45, 7) is 4.57. The van der Waals surface area contributed by atoms with Gasteiger partial charge in [0.05, 0.1) is 6.42 Å². The minimum absolute atomic E-state index is 0.0766. The summed E-state index contributed by atoms with van der Waals surface area (Å²) in [6, 6.07) is -0.714. The van der Waals surface area contributed by atoms with Crippen LogP contribution in [0.2, 0.25) is 0 Å². The van der Waals surface area contributed by atoms with Gasteiger partial charge in [0.25, 0.3) is 0 Å². The van der Waals surface area contributed by atoms with Crippen LogP contribution in [0, 0.1) is 17.8 Å². The summed E-state index contributed by atoms with van der Waals surface area (Å²) in [5.41, 5.74) is 0. The molecule has 0 aliphatic carbocycles.